The van der Waals surface area contributed by atoms with Crippen LogP contribution in [0, 0.1) is 6.92 Å². The third kappa shape index (κ3) is 2.34. The normalized spacial score (nSPS) is 11.0. The topological polar surface area (TPSA) is 55.1 Å². The van der Waals surface area contributed by atoms with Crippen LogP contribution in [0.4, 0.5) is 11.5 Å². The summed E-state index contributed by atoms with van der Waals surface area (Å²) < 4.78 is 2.43. The number of hydrogen-bond acceptors (Lipinski definition) is 4. The Bertz CT molecular complexity index is 802. The molecular weight excluding hydrogens is 365 g/mol. The van der Waals surface area contributed by atoms with Crippen LogP contribution in [-0.4, -0.2) is 19.6 Å². The summed E-state index contributed by atoms with van der Waals surface area (Å²) >= 11 is 15.6. The van der Waals surface area contributed by atoms with Gasteiger partial charge >= 0.3 is 0 Å². The average Bonchev–Trinajstić information content (AvgIpc) is 2.87. The van der Waals surface area contributed by atoms with Crippen molar-refractivity contribution in [3.63, 3.8) is 0 Å². The number of hydrogen-bond donors (Lipinski definition) is 1. The van der Waals surface area contributed by atoms with Crippen LogP contribution in [-0.2, 0) is 0 Å². The fourth-order valence-corrected chi connectivity index (χ4v) is 2.35. The van der Waals surface area contributed by atoms with Gasteiger partial charge in [-0.15, -0.1) is 0 Å². The summed E-state index contributed by atoms with van der Waals surface area (Å²) in [6.07, 6.45) is 1.43. The molecule has 3 rings (SSSR count). The highest BCUT2D eigenvalue weighted by Gasteiger charge is 2.12. The van der Waals surface area contributed by atoms with Crippen LogP contribution in [0.2, 0.25) is 10.2 Å². The average molecular weight is 373 g/mol. The van der Waals surface area contributed by atoms with E-state index in [1.165, 1.54) is 6.33 Å². The van der Waals surface area contributed by atoms with Gasteiger partial charge in [-0.2, -0.15) is 19.6 Å². The van der Waals surface area contributed by atoms with Gasteiger partial charge in [-0.3, -0.25) is 0 Å². The molecule has 1 aromatic carbocycles. The van der Waals surface area contributed by atoms with E-state index in [1.807, 2.05) is 25.1 Å². The summed E-state index contributed by atoms with van der Waals surface area (Å²) in [5.74, 6) is 1.14. The number of nitrogens with one attached hydrogen (secondary N) is 1. The van der Waals surface area contributed by atoms with Crippen LogP contribution in [0.3, 0.4) is 0 Å². The van der Waals surface area contributed by atoms with Gasteiger partial charge in [0, 0.05) is 15.7 Å². The first-order chi connectivity index (χ1) is 9.56. The zero-order valence-corrected chi connectivity index (χ0v) is 13.3. The summed E-state index contributed by atoms with van der Waals surface area (Å²) in [5.41, 5.74) is 1.60. The standard InChI is InChI=1S/C12H8BrCl2N5/c1-6-10(15)19-12-16-5-17-20(12)11(6)18-7-2-3-8(13)9(14)4-7/h2-5,18H,1H3. The van der Waals surface area contributed by atoms with Crippen molar-refractivity contribution in [1.82, 2.24) is 19.6 Å². The molecule has 3 aromatic rings. The highest BCUT2D eigenvalue weighted by Crippen LogP contribution is 2.29. The fourth-order valence-electron chi connectivity index (χ4n) is 1.75. The molecule has 0 spiro atoms. The van der Waals surface area contributed by atoms with Crippen LogP contribution in [0.25, 0.3) is 5.78 Å². The predicted molar refractivity (Wildman–Crippen MR) is 83.0 cm³/mol. The fraction of sp³-hybridized carbons (Fsp3) is 0.0833. The molecular formula is C12H8BrCl2N5. The van der Waals surface area contributed by atoms with Crippen LogP contribution < -0.4 is 5.32 Å². The van der Waals surface area contributed by atoms with Crippen LogP contribution in [0.5, 0.6) is 0 Å². The SMILES string of the molecule is Cc1c(Cl)nc2ncnn2c1Nc1ccc(Br)c(Cl)c1. The largest absolute Gasteiger partial charge is 0.340 e. The quantitative estimate of drug-likeness (QED) is 0.683. The number of benzene rings is 1. The minimum atomic E-state index is 0.385. The second-order valence-corrected chi connectivity index (χ2v) is 5.72. The van der Waals surface area contributed by atoms with Gasteiger partial charge < -0.3 is 5.32 Å². The number of rotatable bonds is 2. The molecule has 0 aliphatic carbocycles. The van der Waals surface area contributed by atoms with Crippen molar-refractivity contribution in [2.45, 2.75) is 6.92 Å². The molecule has 0 atom stereocenters. The molecule has 8 heteroatoms. The Kier molecular flexibility index (Phi) is 3.54. The van der Waals surface area contributed by atoms with Gasteiger partial charge in [-0.25, -0.2) is 0 Å². The lowest BCUT2D eigenvalue weighted by molar-refractivity contribution is 0.936. The van der Waals surface area contributed by atoms with Crippen molar-refractivity contribution in [2.24, 2.45) is 0 Å². The Balaban J connectivity index is 2.11. The van der Waals surface area contributed by atoms with Crippen molar-refractivity contribution >= 4 is 56.4 Å². The van der Waals surface area contributed by atoms with Crippen LogP contribution in [0.1, 0.15) is 5.56 Å². The van der Waals surface area contributed by atoms with Gasteiger partial charge in [-0.1, -0.05) is 23.2 Å². The first-order valence-corrected chi connectivity index (χ1v) is 7.19. The lowest BCUT2D eigenvalue weighted by atomic mass is 10.3. The minimum Gasteiger partial charge on any atom is -0.340 e. The molecule has 0 fully saturated rings. The number of anilines is 2. The van der Waals surface area contributed by atoms with Gasteiger partial charge in [0.25, 0.3) is 5.78 Å². The molecule has 2 heterocycles. The second-order valence-electron chi connectivity index (χ2n) is 4.10. The van der Waals surface area contributed by atoms with Gasteiger partial charge in [0.1, 0.15) is 17.3 Å². The molecule has 0 saturated carbocycles. The maximum Gasteiger partial charge on any atom is 0.255 e. The number of nitrogens with zero attached hydrogens (tertiary/aromatic N) is 4. The van der Waals surface area contributed by atoms with Crippen molar-refractivity contribution in [1.29, 1.82) is 0 Å². The van der Waals surface area contributed by atoms with E-state index in [4.69, 9.17) is 23.2 Å². The Morgan fingerprint density at radius 2 is 2.10 bits per heavy atom. The van der Waals surface area contributed by atoms with Crippen molar-refractivity contribution in [2.75, 3.05) is 5.32 Å². The zero-order valence-electron chi connectivity index (χ0n) is 10.2. The first kappa shape index (κ1) is 13.6. The Hall–Kier alpha value is -1.37. The van der Waals surface area contributed by atoms with Crippen molar-refractivity contribution in [3.8, 4) is 0 Å². The predicted octanol–water partition coefficient (Wildman–Crippen LogP) is 4.25. The maximum absolute atomic E-state index is 6.11. The molecule has 0 radical (unpaired) electrons. The van der Waals surface area contributed by atoms with E-state index in [0.717, 1.165) is 15.7 Å². The molecule has 0 aliphatic heterocycles. The molecule has 0 saturated heterocycles. The lowest BCUT2D eigenvalue weighted by Gasteiger charge is -2.12. The van der Waals surface area contributed by atoms with E-state index in [0.29, 0.717) is 21.8 Å². The van der Waals surface area contributed by atoms with E-state index in [2.05, 4.69) is 36.3 Å². The highest BCUT2D eigenvalue weighted by molar-refractivity contribution is 9.10. The minimum absolute atomic E-state index is 0.385. The van der Waals surface area contributed by atoms with Crippen molar-refractivity contribution in [3.05, 3.63) is 44.7 Å². The first-order valence-electron chi connectivity index (χ1n) is 5.64. The third-order valence-electron chi connectivity index (χ3n) is 2.79. The Morgan fingerprint density at radius 3 is 2.85 bits per heavy atom. The summed E-state index contributed by atoms with van der Waals surface area (Å²) in [4.78, 5) is 8.19. The zero-order chi connectivity index (χ0) is 14.3. The van der Waals surface area contributed by atoms with E-state index in [1.54, 1.807) is 4.52 Å². The van der Waals surface area contributed by atoms with E-state index < -0.39 is 0 Å². The molecule has 0 bridgehead atoms. The molecule has 102 valence electrons. The van der Waals surface area contributed by atoms with E-state index in [-0.39, 0.29) is 0 Å². The molecule has 0 amide bonds. The summed E-state index contributed by atoms with van der Waals surface area (Å²) in [6.45, 7) is 1.86. The van der Waals surface area contributed by atoms with E-state index >= 15 is 0 Å². The number of fused-ring (bicyclic) bond motifs is 1. The molecule has 0 aliphatic rings. The molecule has 1 N–H and O–H groups in total. The van der Waals surface area contributed by atoms with Crippen molar-refractivity contribution < 1.29 is 0 Å². The lowest BCUT2D eigenvalue weighted by Crippen LogP contribution is -2.05. The van der Waals surface area contributed by atoms with Gasteiger partial charge in [0.2, 0.25) is 0 Å². The van der Waals surface area contributed by atoms with Crippen LogP contribution >= 0.6 is 39.1 Å². The Morgan fingerprint density at radius 1 is 1.30 bits per heavy atom. The monoisotopic (exact) mass is 371 g/mol. The van der Waals surface area contributed by atoms with E-state index in [9.17, 15) is 0 Å². The summed E-state index contributed by atoms with van der Waals surface area (Å²) in [5, 5.41) is 8.38. The number of halogens is 3. The molecule has 5 nitrogen and oxygen atoms in total. The summed E-state index contributed by atoms with van der Waals surface area (Å²) in [6, 6.07) is 5.57. The van der Waals surface area contributed by atoms with Gasteiger partial charge in [0.15, 0.2) is 0 Å². The van der Waals surface area contributed by atoms with Gasteiger partial charge in [-0.05, 0) is 41.1 Å². The summed E-state index contributed by atoms with van der Waals surface area (Å²) in [7, 11) is 0. The molecule has 0 unspecified atom stereocenters. The molecule has 2 aromatic heterocycles. The second kappa shape index (κ2) is 5.20. The Labute approximate surface area is 133 Å². The third-order valence-corrected chi connectivity index (χ3v) is 4.39. The molecule has 20 heavy (non-hydrogen) atoms. The van der Waals surface area contributed by atoms with Gasteiger partial charge in [0.05, 0.1) is 5.02 Å². The van der Waals surface area contributed by atoms with Crippen LogP contribution in [0.15, 0.2) is 29.0 Å². The smallest absolute Gasteiger partial charge is 0.255 e. The number of aromatic nitrogens is 4. The highest BCUT2D eigenvalue weighted by atomic mass is 79.9. The maximum atomic E-state index is 6.11.